The molecule has 9 heteroatoms. The van der Waals surface area contributed by atoms with Crippen LogP contribution in [-0.2, 0) is 26.1 Å². The molecule has 0 spiro atoms. The van der Waals surface area contributed by atoms with Crippen molar-refractivity contribution in [3.8, 4) is 0 Å². The average molecular weight is 473 g/mol. The Morgan fingerprint density at radius 2 is 1.79 bits per heavy atom. The molecule has 0 aliphatic heterocycles. The predicted octanol–water partition coefficient (Wildman–Crippen LogP) is 4.51. The molecule has 8 nitrogen and oxygen atoms in total. The molecular formula is C24H28N2O6S. The van der Waals surface area contributed by atoms with E-state index in [0.717, 1.165) is 5.56 Å². The van der Waals surface area contributed by atoms with E-state index in [1.165, 1.54) is 35.3 Å². The maximum atomic E-state index is 12.8. The van der Waals surface area contributed by atoms with Crippen LogP contribution < -0.4 is 9.62 Å². The monoisotopic (exact) mass is 472 g/mol. The van der Waals surface area contributed by atoms with Gasteiger partial charge >= 0.3 is 12.1 Å². The first-order valence-corrected chi connectivity index (χ1v) is 12.0. The highest BCUT2D eigenvalue weighted by atomic mass is 32.2. The molecule has 0 aliphatic carbocycles. The van der Waals surface area contributed by atoms with E-state index in [2.05, 4.69) is 17.9 Å². The van der Waals surface area contributed by atoms with Crippen molar-refractivity contribution in [1.82, 2.24) is 0 Å². The number of rotatable bonds is 12. The van der Waals surface area contributed by atoms with Crippen LogP contribution in [0.4, 0.5) is 16.2 Å². The van der Waals surface area contributed by atoms with Gasteiger partial charge < -0.3 is 9.47 Å². The molecule has 0 unspecified atom stereocenters. The van der Waals surface area contributed by atoms with E-state index in [1.54, 1.807) is 6.92 Å². The summed E-state index contributed by atoms with van der Waals surface area (Å²) in [7, 11) is -3.64. The van der Waals surface area contributed by atoms with Gasteiger partial charge in [0, 0.05) is 6.54 Å². The van der Waals surface area contributed by atoms with Gasteiger partial charge in [0.2, 0.25) is 10.0 Å². The SMILES string of the molecule is C=CCOC(=O)c1cc(NS(=O)(=O)CCC)cc(N(CC=C)C(=O)OCc2ccccc2)c1. The first-order chi connectivity index (χ1) is 15.8. The van der Waals surface area contributed by atoms with Gasteiger partial charge in [-0.3, -0.25) is 9.62 Å². The van der Waals surface area contributed by atoms with Crippen LogP contribution in [0.5, 0.6) is 0 Å². The maximum Gasteiger partial charge on any atom is 0.414 e. The van der Waals surface area contributed by atoms with E-state index < -0.39 is 22.1 Å². The molecule has 0 atom stereocenters. The Kier molecular flexibility index (Phi) is 9.68. The minimum absolute atomic E-state index is 0.0184. The number of carbonyl (C=O) groups is 2. The van der Waals surface area contributed by atoms with E-state index in [1.807, 2.05) is 30.3 Å². The molecule has 0 aromatic heterocycles. The zero-order valence-electron chi connectivity index (χ0n) is 18.5. The number of sulfonamides is 1. The molecule has 2 aromatic rings. The number of nitrogens with zero attached hydrogens (tertiary/aromatic N) is 1. The van der Waals surface area contributed by atoms with Gasteiger partial charge in [0.25, 0.3) is 0 Å². The number of hydrogen-bond acceptors (Lipinski definition) is 6. The van der Waals surface area contributed by atoms with E-state index in [-0.39, 0.29) is 42.4 Å². The van der Waals surface area contributed by atoms with Crippen LogP contribution in [0.25, 0.3) is 0 Å². The number of amides is 1. The molecule has 0 radical (unpaired) electrons. The van der Waals surface area contributed by atoms with Gasteiger partial charge in [-0.2, -0.15) is 0 Å². The summed E-state index contributed by atoms with van der Waals surface area (Å²) in [6, 6.07) is 13.4. The molecule has 176 valence electrons. The highest BCUT2D eigenvalue weighted by Crippen LogP contribution is 2.25. The minimum atomic E-state index is -3.64. The standard InChI is InChI=1S/C24H28N2O6S/c1-4-12-26(24(28)32-18-19-10-8-7-9-11-19)22-16-20(23(27)31-13-5-2)15-21(17-22)25-33(29,30)14-6-3/h4-5,7-11,15-17,25H,1-2,6,12-14,18H2,3H3. The zero-order valence-corrected chi connectivity index (χ0v) is 19.3. The zero-order chi connectivity index (χ0) is 24.3. The number of anilines is 2. The van der Waals surface area contributed by atoms with Gasteiger partial charge in [-0.1, -0.05) is 56.0 Å². The number of hydrogen-bond donors (Lipinski definition) is 1. The van der Waals surface area contributed by atoms with Crippen molar-refractivity contribution in [3.05, 3.63) is 85.0 Å². The summed E-state index contributed by atoms with van der Waals surface area (Å²) >= 11 is 0. The Hall–Kier alpha value is -3.59. The van der Waals surface area contributed by atoms with Gasteiger partial charge in [0.15, 0.2) is 0 Å². The lowest BCUT2D eigenvalue weighted by Gasteiger charge is -2.22. The molecule has 0 saturated heterocycles. The van der Waals surface area contributed by atoms with E-state index in [4.69, 9.17) is 9.47 Å². The van der Waals surface area contributed by atoms with Crippen molar-refractivity contribution < 1.29 is 27.5 Å². The third kappa shape index (κ3) is 8.12. The van der Waals surface area contributed by atoms with Crippen molar-refractivity contribution in [2.75, 3.05) is 28.5 Å². The van der Waals surface area contributed by atoms with Crippen molar-refractivity contribution in [2.24, 2.45) is 0 Å². The van der Waals surface area contributed by atoms with Crippen LogP contribution in [0.1, 0.15) is 29.3 Å². The molecule has 0 bridgehead atoms. The summed E-state index contributed by atoms with van der Waals surface area (Å²) in [5.74, 6) is -0.785. The molecule has 1 N–H and O–H groups in total. The van der Waals surface area contributed by atoms with Crippen LogP contribution in [0.2, 0.25) is 0 Å². The van der Waals surface area contributed by atoms with E-state index in [9.17, 15) is 18.0 Å². The van der Waals surface area contributed by atoms with E-state index in [0.29, 0.717) is 6.42 Å². The molecule has 1 amide bonds. The number of esters is 1. The Bertz CT molecular complexity index is 1080. The van der Waals surface area contributed by atoms with Crippen molar-refractivity contribution in [2.45, 2.75) is 20.0 Å². The summed E-state index contributed by atoms with van der Waals surface area (Å²) in [6.07, 6.45) is 2.64. The molecule has 0 aliphatic rings. The molecular weight excluding hydrogens is 444 g/mol. The van der Waals surface area contributed by atoms with Gasteiger partial charge in [-0.05, 0) is 30.2 Å². The van der Waals surface area contributed by atoms with Crippen LogP contribution >= 0.6 is 0 Å². The third-order valence-corrected chi connectivity index (χ3v) is 5.77. The van der Waals surface area contributed by atoms with Crippen LogP contribution in [0, 0.1) is 0 Å². The molecule has 0 heterocycles. The molecule has 2 rings (SSSR count). The van der Waals surface area contributed by atoms with E-state index >= 15 is 0 Å². The number of benzene rings is 2. The molecule has 0 saturated carbocycles. The van der Waals surface area contributed by atoms with Crippen LogP contribution in [0.15, 0.2) is 73.8 Å². The number of ether oxygens (including phenoxy) is 2. The fourth-order valence-electron chi connectivity index (χ4n) is 2.87. The largest absolute Gasteiger partial charge is 0.458 e. The number of carbonyl (C=O) groups excluding carboxylic acids is 2. The fourth-order valence-corrected chi connectivity index (χ4v) is 3.99. The van der Waals surface area contributed by atoms with Crippen molar-refractivity contribution in [3.63, 3.8) is 0 Å². The van der Waals surface area contributed by atoms with Gasteiger partial charge in [-0.25, -0.2) is 18.0 Å². The topological polar surface area (TPSA) is 102 Å². The number of nitrogens with one attached hydrogen (secondary N) is 1. The summed E-state index contributed by atoms with van der Waals surface area (Å²) in [5.41, 5.74) is 1.24. The summed E-state index contributed by atoms with van der Waals surface area (Å²) in [4.78, 5) is 26.6. The normalized spacial score (nSPS) is 10.7. The fraction of sp³-hybridized carbons (Fsp3) is 0.250. The lowest BCUT2D eigenvalue weighted by molar-refractivity contribution is 0.0549. The molecule has 33 heavy (non-hydrogen) atoms. The average Bonchev–Trinajstić information content (AvgIpc) is 2.79. The van der Waals surface area contributed by atoms with Crippen molar-refractivity contribution >= 4 is 33.5 Å². The Morgan fingerprint density at radius 1 is 1.06 bits per heavy atom. The third-order valence-electron chi connectivity index (χ3n) is 4.28. The first-order valence-electron chi connectivity index (χ1n) is 10.3. The Labute approximate surface area is 194 Å². The second kappa shape index (κ2) is 12.4. The summed E-state index contributed by atoms with van der Waals surface area (Å²) < 4.78 is 37.5. The van der Waals surface area contributed by atoms with Crippen LogP contribution in [-0.4, -0.2) is 39.4 Å². The Balaban J connectivity index is 2.39. The highest BCUT2D eigenvalue weighted by molar-refractivity contribution is 7.92. The Morgan fingerprint density at radius 3 is 2.42 bits per heavy atom. The lowest BCUT2D eigenvalue weighted by atomic mass is 10.1. The van der Waals surface area contributed by atoms with Gasteiger partial charge in [-0.15, -0.1) is 6.58 Å². The maximum absolute atomic E-state index is 12.8. The smallest absolute Gasteiger partial charge is 0.414 e. The molecule has 0 fully saturated rings. The van der Waals surface area contributed by atoms with Gasteiger partial charge in [0.1, 0.15) is 13.2 Å². The second-order valence-electron chi connectivity index (χ2n) is 7.02. The molecule has 2 aromatic carbocycles. The van der Waals surface area contributed by atoms with Crippen LogP contribution in [0.3, 0.4) is 0 Å². The highest BCUT2D eigenvalue weighted by Gasteiger charge is 2.21. The van der Waals surface area contributed by atoms with Gasteiger partial charge in [0.05, 0.1) is 22.7 Å². The lowest BCUT2D eigenvalue weighted by Crippen LogP contribution is -2.32. The predicted molar refractivity (Wildman–Crippen MR) is 129 cm³/mol. The summed E-state index contributed by atoms with van der Waals surface area (Å²) in [5, 5.41) is 0. The van der Waals surface area contributed by atoms with Crippen molar-refractivity contribution in [1.29, 1.82) is 0 Å². The first kappa shape index (κ1) is 25.7. The minimum Gasteiger partial charge on any atom is -0.458 e. The quantitative estimate of drug-likeness (QED) is 0.360. The summed E-state index contributed by atoms with van der Waals surface area (Å²) in [6.45, 7) is 9.00. The second-order valence-corrected chi connectivity index (χ2v) is 8.86.